The fourth-order valence-electron chi connectivity index (χ4n) is 2.30. The van der Waals surface area contributed by atoms with Crippen molar-refractivity contribution in [3.05, 3.63) is 42.5 Å². The summed E-state index contributed by atoms with van der Waals surface area (Å²) in [7, 11) is 0. The molecule has 3 rings (SSSR count). The maximum absolute atomic E-state index is 12.1. The smallest absolute Gasteiger partial charge is 0.387 e. The minimum Gasteiger partial charge on any atom is -0.490 e. The standard InChI is InChI=1S/C18H17F2NO4S/c19-18(20)25-13-4-2-12(3-5-13)21-17(22)11-26-14-6-7-15-16(10-14)24-9-1-8-23-15/h2-7,10,18H,1,8-9,11H2,(H,21,22). The van der Waals surface area contributed by atoms with Crippen LogP contribution in [0.4, 0.5) is 14.5 Å². The molecule has 1 aliphatic heterocycles. The molecule has 0 aromatic heterocycles. The average molecular weight is 381 g/mol. The molecule has 138 valence electrons. The predicted octanol–water partition coefficient (Wildman–Crippen LogP) is 4.18. The van der Waals surface area contributed by atoms with Gasteiger partial charge in [-0.05, 0) is 42.5 Å². The molecule has 0 saturated heterocycles. The molecular weight excluding hydrogens is 364 g/mol. The molecule has 0 bridgehead atoms. The fraction of sp³-hybridized carbons (Fsp3) is 0.278. The molecule has 2 aromatic carbocycles. The minimum absolute atomic E-state index is 0.0413. The van der Waals surface area contributed by atoms with E-state index in [1.807, 2.05) is 18.2 Å². The predicted molar refractivity (Wildman–Crippen MR) is 94.5 cm³/mol. The number of alkyl halides is 2. The van der Waals surface area contributed by atoms with Crippen molar-refractivity contribution in [3.63, 3.8) is 0 Å². The molecule has 0 atom stereocenters. The SMILES string of the molecule is O=C(CSc1ccc2c(c1)OCCCO2)Nc1ccc(OC(F)F)cc1. The molecule has 0 unspecified atom stereocenters. The maximum Gasteiger partial charge on any atom is 0.387 e. The number of rotatable bonds is 6. The highest BCUT2D eigenvalue weighted by molar-refractivity contribution is 8.00. The first-order valence-corrected chi connectivity index (χ1v) is 8.96. The Hall–Kier alpha value is -2.48. The molecule has 0 fully saturated rings. The van der Waals surface area contributed by atoms with Gasteiger partial charge in [-0.2, -0.15) is 8.78 Å². The van der Waals surface area contributed by atoms with E-state index < -0.39 is 6.61 Å². The third kappa shape index (κ3) is 5.26. The Kier molecular flexibility index (Phi) is 6.17. The van der Waals surface area contributed by atoms with E-state index in [-0.39, 0.29) is 17.4 Å². The summed E-state index contributed by atoms with van der Waals surface area (Å²) in [6.45, 7) is -1.64. The highest BCUT2D eigenvalue weighted by Gasteiger charge is 2.12. The van der Waals surface area contributed by atoms with E-state index in [9.17, 15) is 13.6 Å². The van der Waals surface area contributed by atoms with Crippen molar-refractivity contribution in [3.8, 4) is 17.2 Å². The normalized spacial score (nSPS) is 13.2. The second-order valence-electron chi connectivity index (χ2n) is 5.40. The molecule has 0 aliphatic carbocycles. The van der Waals surface area contributed by atoms with E-state index in [2.05, 4.69) is 10.1 Å². The van der Waals surface area contributed by atoms with Gasteiger partial charge < -0.3 is 19.5 Å². The van der Waals surface area contributed by atoms with Gasteiger partial charge in [0.1, 0.15) is 5.75 Å². The lowest BCUT2D eigenvalue weighted by Crippen LogP contribution is -2.14. The molecular formula is C18H17F2NO4S. The first-order valence-electron chi connectivity index (χ1n) is 7.97. The Morgan fingerprint density at radius 1 is 1.12 bits per heavy atom. The minimum atomic E-state index is -2.87. The summed E-state index contributed by atoms with van der Waals surface area (Å²) in [4.78, 5) is 12.9. The Balaban J connectivity index is 1.51. The van der Waals surface area contributed by atoms with Crippen LogP contribution in [0.1, 0.15) is 6.42 Å². The molecule has 0 saturated carbocycles. The molecule has 0 radical (unpaired) electrons. The van der Waals surface area contributed by atoms with Crippen LogP contribution in [0.3, 0.4) is 0 Å². The van der Waals surface area contributed by atoms with E-state index in [0.29, 0.717) is 30.4 Å². The van der Waals surface area contributed by atoms with Gasteiger partial charge in [0.25, 0.3) is 0 Å². The Labute approximate surface area is 153 Å². The van der Waals surface area contributed by atoms with E-state index in [0.717, 1.165) is 11.3 Å². The number of carbonyl (C=O) groups excluding carboxylic acids is 1. The number of ether oxygens (including phenoxy) is 3. The quantitative estimate of drug-likeness (QED) is 0.761. The number of hydrogen-bond acceptors (Lipinski definition) is 5. The van der Waals surface area contributed by atoms with Gasteiger partial charge in [0.15, 0.2) is 11.5 Å². The Morgan fingerprint density at radius 2 is 1.85 bits per heavy atom. The molecule has 1 aliphatic rings. The van der Waals surface area contributed by atoms with E-state index >= 15 is 0 Å². The highest BCUT2D eigenvalue weighted by atomic mass is 32.2. The number of anilines is 1. The second-order valence-corrected chi connectivity index (χ2v) is 6.45. The highest BCUT2D eigenvalue weighted by Crippen LogP contribution is 2.33. The summed E-state index contributed by atoms with van der Waals surface area (Å²) in [6, 6.07) is 11.3. The number of fused-ring (bicyclic) bond motifs is 1. The Bertz CT molecular complexity index is 755. The van der Waals surface area contributed by atoms with Crippen LogP contribution >= 0.6 is 11.8 Å². The summed E-state index contributed by atoms with van der Waals surface area (Å²) in [5.41, 5.74) is 0.510. The summed E-state index contributed by atoms with van der Waals surface area (Å²) in [5.74, 6) is 1.43. The first-order chi connectivity index (χ1) is 12.6. The third-order valence-corrected chi connectivity index (χ3v) is 4.45. The van der Waals surface area contributed by atoms with Crippen molar-refractivity contribution in [1.29, 1.82) is 0 Å². The van der Waals surface area contributed by atoms with Crippen molar-refractivity contribution >= 4 is 23.4 Å². The van der Waals surface area contributed by atoms with Gasteiger partial charge in [-0.1, -0.05) is 0 Å². The van der Waals surface area contributed by atoms with Crippen molar-refractivity contribution in [2.45, 2.75) is 17.9 Å². The molecule has 1 heterocycles. The lowest BCUT2D eigenvalue weighted by Gasteiger charge is -2.10. The topological polar surface area (TPSA) is 56.8 Å². The first kappa shape index (κ1) is 18.3. The third-order valence-electron chi connectivity index (χ3n) is 3.45. The van der Waals surface area contributed by atoms with Crippen LogP contribution in [-0.2, 0) is 4.79 Å². The maximum atomic E-state index is 12.1. The van der Waals surface area contributed by atoms with E-state index in [1.54, 1.807) is 0 Å². The van der Waals surface area contributed by atoms with Crippen molar-refractivity contribution in [2.24, 2.45) is 0 Å². The van der Waals surface area contributed by atoms with Crippen molar-refractivity contribution in [2.75, 3.05) is 24.3 Å². The van der Waals surface area contributed by atoms with Crippen LogP contribution in [0.25, 0.3) is 0 Å². The Morgan fingerprint density at radius 3 is 2.58 bits per heavy atom. The monoisotopic (exact) mass is 381 g/mol. The lowest BCUT2D eigenvalue weighted by molar-refractivity contribution is -0.113. The van der Waals surface area contributed by atoms with Crippen molar-refractivity contribution in [1.82, 2.24) is 0 Å². The number of benzene rings is 2. The molecule has 1 N–H and O–H groups in total. The van der Waals surface area contributed by atoms with Gasteiger partial charge in [0, 0.05) is 17.0 Å². The van der Waals surface area contributed by atoms with Crippen LogP contribution < -0.4 is 19.5 Å². The van der Waals surface area contributed by atoms with Crippen LogP contribution in [0, 0.1) is 0 Å². The average Bonchev–Trinajstić information content (AvgIpc) is 2.86. The van der Waals surface area contributed by atoms with Gasteiger partial charge in [0.05, 0.1) is 19.0 Å². The van der Waals surface area contributed by atoms with Gasteiger partial charge in [-0.15, -0.1) is 11.8 Å². The molecule has 8 heteroatoms. The number of amides is 1. The zero-order valence-corrected chi connectivity index (χ0v) is 14.6. The van der Waals surface area contributed by atoms with Crippen LogP contribution in [0.5, 0.6) is 17.2 Å². The number of carbonyl (C=O) groups is 1. The van der Waals surface area contributed by atoms with Crippen LogP contribution in [0.15, 0.2) is 47.4 Å². The lowest BCUT2D eigenvalue weighted by atomic mass is 10.3. The number of halogens is 2. The fourth-order valence-corrected chi connectivity index (χ4v) is 3.02. The number of thioether (sulfide) groups is 1. The van der Waals surface area contributed by atoms with Crippen LogP contribution in [0.2, 0.25) is 0 Å². The van der Waals surface area contributed by atoms with E-state index in [4.69, 9.17) is 9.47 Å². The molecule has 0 spiro atoms. The van der Waals surface area contributed by atoms with Gasteiger partial charge in [-0.25, -0.2) is 0 Å². The number of hydrogen-bond donors (Lipinski definition) is 1. The molecule has 2 aromatic rings. The molecule has 1 amide bonds. The zero-order chi connectivity index (χ0) is 18.4. The largest absolute Gasteiger partial charge is 0.490 e. The summed E-state index contributed by atoms with van der Waals surface area (Å²) in [5, 5.41) is 2.71. The zero-order valence-electron chi connectivity index (χ0n) is 13.7. The summed E-state index contributed by atoms with van der Waals surface area (Å²) < 4.78 is 39.7. The van der Waals surface area contributed by atoms with Gasteiger partial charge in [0.2, 0.25) is 5.91 Å². The van der Waals surface area contributed by atoms with Crippen molar-refractivity contribution < 1.29 is 27.8 Å². The van der Waals surface area contributed by atoms with E-state index in [1.165, 1.54) is 36.0 Å². The van der Waals surface area contributed by atoms with Gasteiger partial charge >= 0.3 is 6.61 Å². The molecule has 26 heavy (non-hydrogen) atoms. The summed E-state index contributed by atoms with van der Waals surface area (Å²) >= 11 is 1.37. The van der Waals surface area contributed by atoms with Crippen LogP contribution in [-0.4, -0.2) is 31.5 Å². The second kappa shape index (κ2) is 8.75. The van der Waals surface area contributed by atoms with Gasteiger partial charge in [-0.3, -0.25) is 4.79 Å². The number of nitrogens with one attached hydrogen (secondary N) is 1. The molecule has 5 nitrogen and oxygen atoms in total. The summed E-state index contributed by atoms with van der Waals surface area (Å²) in [6.07, 6.45) is 0.834.